The second-order valence-electron chi connectivity index (χ2n) is 4.80. The lowest BCUT2D eigenvalue weighted by molar-refractivity contribution is 0.633. The Morgan fingerprint density at radius 1 is 1.16 bits per heavy atom. The van der Waals surface area contributed by atoms with Gasteiger partial charge in [-0.1, -0.05) is 0 Å². The lowest BCUT2D eigenvalue weighted by Crippen LogP contribution is -1.99. The predicted octanol–water partition coefficient (Wildman–Crippen LogP) is 2.61. The van der Waals surface area contributed by atoms with Gasteiger partial charge in [0.05, 0.1) is 6.20 Å². The van der Waals surface area contributed by atoms with E-state index in [0.717, 1.165) is 16.6 Å². The topological polar surface area (TPSA) is 48.8 Å². The summed E-state index contributed by atoms with van der Waals surface area (Å²) in [4.78, 5) is 0. The highest BCUT2D eigenvalue weighted by molar-refractivity contribution is 5.88. The normalized spacial score (nSPS) is 11.4. The van der Waals surface area contributed by atoms with Gasteiger partial charge < -0.3 is 10.3 Å². The van der Waals surface area contributed by atoms with E-state index in [-0.39, 0.29) is 5.82 Å². The Balaban J connectivity index is 2.32. The molecule has 0 atom stereocenters. The Morgan fingerprint density at radius 3 is 2.53 bits per heavy atom. The molecular formula is C14H15FN4. The number of hydrogen-bond donors (Lipinski definition) is 1. The van der Waals surface area contributed by atoms with E-state index in [9.17, 15) is 4.39 Å². The smallest absolute Gasteiger partial charge is 0.131 e. The van der Waals surface area contributed by atoms with Gasteiger partial charge in [-0.2, -0.15) is 5.10 Å². The van der Waals surface area contributed by atoms with Crippen LogP contribution in [0.15, 0.2) is 24.4 Å². The largest absolute Gasteiger partial charge is 0.383 e. The van der Waals surface area contributed by atoms with Crippen molar-refractivity contribution in [2.24, 2.45) is 14.1 Å². The molecule has 0 saturated carbocycles. The van der Waals surface area contributed by atoms with Crippen LogP contribution in [0.4, 0.5) is 10.2 Å². The molecule has 0 unspecified atom stereocenters. The number of hydrogen-bond acceptors (Lipinski definition) is 2. The van der Waals surface area contributed by atoms with Crippen molar-refractivity contribution in [1.82, 2.24) is 14.3 Å². The highest BCUT2D eigenvalue weighted by Gasteiger charge is 2.14. The molecule has 98 valence electrons. The average molecular weight is 258 g/mol. The number of fused-ring (bicyclic) bond motifs is 1. The zero-order chi connectivity index (χ0) is 13.7. The molecule has 3 aromatic rings. The van der Waals surface area contributed by atoms with Gasteiger partial charge in [-0.25, -0.2) is 4.39 Å². The molecular weight excluding hydrogens is 243 g/mol. The van der Waals surface area contributed by atoms with E-state index >= 15 is 0 Å². The minimum atomic E-state index is -0.280. The second-order valence-corrected chi connectivity index (χ2v) is 4.80. The van der Waals surface area contributed by atoms with E-state index in [2.05, 4.69) is 5.10 Å². The van der Waals surface area contributed by atoms with Gasteiger partial charge in [0, 0.05) is 41.8 Å². The van der Waals surface area contributed by atoms with Gasteiger partial charge in [0.15, 0.2) is 0 Å². The van der Waals surface area contributed by atoms with E-state index < -0.39 is 0 Å². The quantitative estimate of drug-likeness (QED) is 0.729. The lowest BCUT2D eigenvalue weighted by atomic mass is 10.1. The Hall–Kier alpha value is -2.30. The first-order valence-electron chi connectivity index (χ1n) is 6.02. The third-order valence-electron chi connectivity index (χ3n) is 3.65. The van der Waals surface area contributed by atoms with Crippen LogP contribution in [0, 0.1) is 12.7 Å². The van der Waals surface area contributed by atoms with Crippen molar-refractivity contribution in [2.45, 2.75) is 6.92 Å². The zero-order valence-electron chi connectivity index (χ0n) is 11.1. The molecule has 0 amide bonds. The minimum Gasteiger partial charge on any atom is -0.383 e. The van der Waals surface area contributed by atoms with E-state index in [0.29, 0.717) is 16.9 Å². The molecule has 2 N–H and O–H groups in total. The van der Waals surface area contributed by atoms with Crippen LogP contribution in [-0.4, -0.2) is 14.3 Å². The van der Waals surface area contributed by atoms with E-state index in [1.54, 1.807) is 19.3 Å². The summed E-state index contributed by atoms with van der Waals surface area (Å²) < 4.78 is 17.8. The third kappa shape index (κ3) is 1.62. The van der Waals surface area contributed by atoms with Gasteiger partial charge in [0.1, 0.15) is 11.6 Å². The SMILES string of the molecule is Cc1cc2cc(F)c(-c3cnn(C)c3N)cc2n1C. The first-order chi connectivity index (χ1) is 8.99. The van der Waals surface area contributed by atoms with Crippen molar-refractivity contribution in [3.05, 3.63) is 35.9 Å². The summed E-state index contributed by atoms with van der Waals surface area (Å²) in [6.07, 6.45) is 1.59. The molecule has 0 saturated heterocycles. The Morgan fingerprint density at radius 2 is 1.89 bits per heavy atom. The average Bonchev–Trinajstić information content (AvgIpc) is 2.82. The lowest BCUT2D eigenvalue weighted by Gasteiger charge is -2.05. The predicted molar refractivity (Wildman–Crippen MR) is 74.2 cm³/mol. The fourth-order valence-electron chi connectivity index (χ4n) is 2.36. The summed E-state index contributed by atoms with van der Waals surface area (Å²) in [7, 11) is 3.70. The van der Waals surface area contributed by atoms with Gasteiger partial charge in [0.2, 0.25) is 0 Å². The molecule has 2 aromatic heterocycles. The highest BCUT2D eigenvalue weighted by Crippen LogP contribution is 2.32. The first kappa shape index (κ1) is 11.8. The summed E-state index contributed by atoms with van der Waals surface area (Å²) in [6.45, 7) is 2.00. The van der Waals surface area contributed by atoms with Crippen LogP contribution in [0.3, 0.4) is 0 Å². The van der Waals surface area contributed by atoms with Crippen LogP contribution >= 0.6 is 0 Å². The third-order valence-corrected chi connectivity index (χ3v) is 3.65. The number of benzene rings is 1. The molecule has 0 radical (unpaired) electrons. The molecule has 0 aliphatic rings. The first-order valence-corrected chi connectivity index (χ1v) is 6.02. The molecule has 5 heteroatoms. The van der Waals surface area contributed by atoms with Crippen molar-refractivity contribution in [1.29, 1.82) is 0 Å². The molecule has 0 aliphatic carbocycles. The molecule has 0 spiro atoms. The van der Waals surface area contributed by atoms with Crippen LogP contribution in [0.5, 0.6) is 0 Å². The molecule has 19 heavy (non-hydrogen) atoms. The van der Waals surface area contributed by atoms with Crippen molar-refractivity contribution >= 4 is 16.7 Å². The van der Waals surface area contributed by atoms with Gasteiger partial charge in [-0.05, 0) is 25.1 Å². The number of nitrogens with zero attached hydrogens (tertiary/aromatic N) is 3. The van der Waals surface area contributed by atoms with Crippen molar-refractivity contribution in [3.8, 4) is 11.1 Å². The van der Waals surface area contributed by atoms with E-state index in [1.807, 2.05) is 30.7 Å². The molecule has 0 bridgehead atoms. The van der Waals surface area contributed by atoms with E-state index in [4.69, 9.17) is 5.73 Å². The molecule has 3 rings (SSSR count). The summed E-state index contributed by atoms with van der Waals surface area (Å²) in [5.74, 6) is 0.182. The maximum atomic E-state index is 14.2. The summed E-state index contributed by atoms with van der Waals surface area (Å²) in [6, 6.07) is 5.34. The van der Waals surface area contributed by atoms with E-state index in [1.165, 1.54) is 4.68 Å². The zero-order valence-corrected chi connectivity index (χ0v) is 11.1. The second kappa shape index (κ2) is 3.85. The maximum absolute atomic E-state index is 14.2. The number of anilines is 1. The Labute approximate surface area is 110 Å². The monoisotopic (exact) mass is 258 g/mol. The van der Waals surface area contributed by atoms with Crippen LogP contribution in [-0.2, 0) is 14.1 Å². The molecule has 0 fully saturated rings. The number of nitrogens with two attached hydrogens (primary N) is 1. The number of aryl methyl sites for hydroxylation is 3. The van der Waals surface area contributed by atoms with Gasteiger partial charge in [-0.15, -0.1) is 0 Å². The van der Waals surface area contributed by atoms with Crippen LogP contribution in [0.1, 0.15) is 5.69 Å². The molecule has 2 heterocycles. The van der Waals surface area contributed by atoms with Gasteiger partial charge >= 0.3 is 0 Å². The minimum absolute atomic E-state index is 0.280. The van der Waals surface area contributed by atoms with Gasteiger partial charge in [0.25, 0.3) is 0 Å². The molecule has 4 nitrogen and oxygen atoms in total. The summed E-state index contributed by atoms with van der Waals surface area (Å²) in [5, 5.41) is 4.95. The Bertz CT molecular complexity index is 782. The van der Waals surface area contributed by atoms with Gasteiger partial charge in [-0.3, -0.25) is 4.68 Å². The number of nitrogen functional groups attached to an aromatic ring is 1. The summed E-state index contributed by atoms with van der Waals surface area (Å²) in [5.41, 5.74) is 9.10. The number of halogens is 1. The van der Waals surface area contributed by atoms with Crippen molar-refractivity contribution < 1.29 is 4.39 Å². The highest BCUT2D eigenvalue weighted by atomic mass is 19.1. The molecule has 0 aliphatic heterocycles. The molecule has 1 aromatic carbocycles. The summed E-state index contributed by atoms with van der Waals surface area (Å²) >= 11 is 0. The van der Waals surface area contributed by atoms with Crippen molar-refractivity contribution in [3.63, 3.8) is 0 Å². The fourth-order valence-corrected chi connectivity index (χ4v) is 2.36. The van der Waals surface area contributed by atoms with Crippen LogP contribution in [0.2, 0.25) is 0 Å². The number of rotatable bonds is 1. The fraction of sp³-hybridized carbons (Fsp3) is 0.214. The standard InChI is InChI=1S/C14H15FN4/c1-8-4-9-5-12(15)10(6-13(9)18(8)2)11-7-17-19(3)14(11)16/h4-7H,16H2,1-3H3. The Kier molecular flexibility index (Phi) is 2.38. The maximum Gasteiger partial charge on any atom is 0.131 e. The van der Waals surface area contributed by atoms with Crippen LogP contribution < -0.4 is 5.73 Å². The van der Waals surface area contributed by atoms with Crippen LogP contribution in [0.25, 0.3) is 22.0 Å². The van der Waals surface area contributed by atoms with Crippen molar-refractivity contribution in [2.75, 3.05) is 5.73 Å². The number of aromatic nitrogens is 3.